The summed E-state index contributed by atoms with van der Waals surface area (Å²) in [4.78, 5) is 26.5. The Hall–Kier alpha value is -3.44. The second-order valence-corrected chi connectivity index (χ2v) is 10.1. The molecule has 0 aromatic heterocycles. The summed E-state index contributed by atoms with van der Waals surface area (Å²) in [6, 6.07) is 25.7. The first-order chi connectivity index (χ1) is 17.4. The van der Waals surface area contributed by atoms with E-state index in [4.69, 9.17) is 0 Å². The van der Waals surface area contributed by atoms with E-state index in [1.54, 1.807) is 7.05 Å². The van der Waals surface area contributed by atoms with Crippen molar-refractivity contribution in [2.75, 3.05) is 7.05 Å². The molecule has 1 aliphatic carbocycles. The molecular formula is C31H31BrN2O2. The third-order valence-electron chi connectivity index (χ3n) is 6.51. The lowest BCUT2D eigenvalue weighted by atomic mass is 9.82. The zero-order valence-electron chi connectivity index (χ0n) is 20.6. The van der Waals surface area contributed by atoms with Crippen molar-refractivity contribution >= 4 is 33.3 Å². The van der Waals surface area contributed by atoms with Gasteiger partial charge in [0.05, 0.1) is 0 Å². The summed E-state index contributed by atoms with van der Waals surface area (Å²) in [5.74, 6) is -0.385. The summed E-state index contributed by atoms with van der Waals surface area (Å²) in [7, 11) is 1.60. The summed E-state index contributed by atoms with van der Waals surface area (Å²) in [6.07, 6.45) is 6.14. The van der Waals surface area contributed by atoms with Gasteiger partial charge in [0.25, 0.3) is 0 Å². The van der Waals surface area contributed by atoms with Crippen LogP contribution in [0.2, 0.25) is 0 Å². The van der Waals surface area contributed by atoms with E-state index in [1.807, 2.05) is 54.6 Å². The van der Waals surface area contributed by atoms with E-state index in [1.165, 1.54) is 11.1 Å². The molecule has 184 valence electrons. The lowest BCUT2D eigenvalue weighted by Gasteiger charge is -2.26. The van der Waals surface area contributed by atoms with E-state index < -0.39 is 6.04 Å². The van der Waals surface area contributed by atoms with Gasteiger partial charge in [-0.25, -0.2) is 0 Å². The van der Waals surface area contributed by atoms with Crippen molar-refractivity contribution < 1.29 is 9.59 Å². The molecule has 0 saturated carbocycles. The first-order valence-electron chi connectivity index (χ1n) is 12.2. The Labute approximate surface area is 221 Å². The summed E-state index contributed by atoms with van der Waals surface area (Å²) in [5, 5.41) is 5.75. The predicted octanol–water partition coefficient (Wildman–Crippen LogP) is 5.80. The number of likely N-dealkylation sites (N-methyl/N-ethyl adjacent to an activating group) is 1. The van der Waals surface area contributed by atoms with Crippen molar-refractivity contribution in [3.8, 4) is 0 Å². The molecule has 0 bridgehead atoms. The van der Waals surface area contributed by atoms with Crippen LogP contribution in [0.1, 0.15) is 28.7 Å². The van der Waals surface area contributed by atoms with Crippen LogP contribution in [0.5, 0.6) is 0 Å². The zero-order valence-corrected chi connectivity index (χ0v) is 22.2. The molecule has 36 heavy (non-hydrogen) atoms. The highest BCUT2D eigenvalue weighted by Gasteiger charge is 2.28. The lowest BCUT2D eigenvalue weighted by Crippen LogP contribution is -2.48. The third-order valence-corrected chi connectivity index (χ3v) is 7.00. The number of allylic oxidation sites excluding steroid dienone is 3. The molecule has 0 fully saturated rings. The van der Waals surface area contributed by atoms with Crippen LogP contribution in [-0.2, 0) is 22.4 Å². The van der Waals surface area contributed by atoms with Gasteiger partial charge in [0.15, 0.2) is 0 Å². The maximum atomic E-state index is 13.7. The number of aryl methyl sites for hydroxylation is 1. The van der Waals surface area contributed by atoms with Crippen molar-refractivity contribution in [1.29, 1.82) is 0 Å². The van der Waals surface area contributed by atoms with Gasteiger partial charge in [-0.2, -0.15) is 0 Å². The molecule has 2 N–H and O–H groups in total. The van der Waals surface area contributed by atoms with Gasteiger partial charge in [0.1, 0.15) is 6.04 Å². The van der Waals surface area contributed by atoms with Crippen molar-refractivity contribution in [2.24, 2.45) is 5.92 Å². The number of nitrogens with one attached hydrogen (secondary N) is 2. The average Bonchev–Trinajstić information content (AvgIpc) is 2.88. The molecule has 0 radical (unpaired) electrons. The standard InChI is InChI=1S/C31H31BrN2O2/c1-21-8-6-12-24(16-21)25-14-15-26(17-22-9-4-3-5-10-22)28(20-25)30(35)34-29(31(36)33-2)19-23-11-7-13-27(32)18-23/h3-14,16,18,20,26,29H,15,17,19H2,1-2H3,(H,33,36)(H,34,35)/t26?,29-/m0/s1. The van der Waals surface area contributed by atoms with E-state index in [2.05, 4.69) is 69.9 Å². The van der Waals surface area contributed by atoms with Crippen LogP contribution >= 0.6 is 15.9 Å². The summed E-state index contributed by atoms with van der Waals surface area (Å²) in [6.45, 7) is 2.07. The lowest BCUT2D eigenvalue weighted by molar-refractivity contribution is -0.127. The van der Waals surface area contributed by atoms with Gasteiger partial charge in [-0.05, 0) is 66.2 Å². The largest absolute Gasteiger partial charge is 0.357 e. The number of carbonyl (C=O) groups excluding carboxylic acids is 2. The molecule has 0 saturated heterocycles. The number of amides is 2. The number of hydrogen-bond acceptors (Lipinski definition) is 2. The highest BCUT2D eigenvalue weighted by Crippen LogP contribution is 2.32. The quantitative estimate of drug-likeness (QED) is 0.377. The Bertz CT molecular complexity index is 1300. The third kappa shape index (κ3) is 6.61. The second kappa shape index (κ2) is 12.0. The molecule has 4 rings (SSSR count). The smallest absolute Gasteiger partial charge is 0.248 e. The number of benzene rings is 3. The van der Waals surface area contributed by atoms with Crippen LogP contribution in [-0.4, -0.2) is 24.9 Å². The van der Waals surface area contributed by atoms with E-state index in [0.717, 1.165) is 34.0 Å². The van der Waals surface area contributed by atoms with Crippen LogP contribution < -0.4 is 10.6 Å². The molecule has 4 nitrogen and oxygen atoms in total. The van der Waals surface area contributed by atoms with Gasteiger partial charge >= 0.3 is 0 Å². The monoisotopic (exact) mass is 542 g/mol. The minimum absolute atomic E-state index is 0.0252. The number of carbonyl (C=O) groups is 2. The summed E-state index contributed by atoms with van der Waals surface area (Å²) >= 11 is 3.49. The van der Waals surface area contributed by atoms with Crippen LogP contribution in [0, 0.1) is 12.8 Å². The van der Waals surface area contributed by atoms with Crippen LogP contribution in [0.25, 0.3) is 5.57 Å². The number of halogens is 1. The molecule has 5 heteroatoms. The first-order valence-corrected chi connectivity index (χ1v) is 13.0. The highest BCUT2D eigenvalue weighted by atomic mass is 79.9. The van der Waals surface area contributed by atoms with Gasteiger partial charge in [-0.15, -0.1) is 0 Å². The van der Waals surface area contributed by atoms with Crippen LogP contribution in [0.15, 0.2) is 101 Å². The molecule has 1 unspecified atom stereocenters. The maximum Gasteiger partial charge on any atom is 0.248 e. The minimum atomic E-state index is -0.677. The fourth-order valence-corrected chi connectivity index (χ4v) is 5.08. The molecule has 2 atom stereocenters. The van der Waals surface area contributed by atoms with Gasteiger partial charge in [-0.3, -0.25) is 9.59 Å². The molecule has 0 spiro atoms. The van der Waals surface area contributed by atoms with Crippen molar-refractivity contribution in [2.45, 2.75) is 32.2 Å². The Morgan fingerprint density at radius 3 is 2.44 bits per heavy atom. The van der Waals surface area contributed by atoms with Crippen molar-refractivity contribution in [3.05, 3.63) is 123 Å². The SMILES string of the molecule is CNC(=O)[C@H](Cc1cccc(Br)c1)NC(=O)C1=CC(c2cccc(C)c2)=CCC1Cc1ccccc1. The second-order valence-electron chi connectivity index (χ2n) is 9.23. The van der Waals surface area contributed by atoms with Crippen molar-refractivity contribution in [3.63, 3.8) is 0 Å². The molecular weight excluding hydrogens is 512 g/mol. The maximum absolute atomic E-state index is 13.7. The van der Waals surface area contributed by atoms with E-state index in [-0.39, 0.29) is 17.7 Å². The van der Waals surface area contributed by atoms with Crippen molar-refractivity contribution in [1.82, 2.24) is 10.6 Å². The topological polar surface area (TPSA) is 58.2 Å². The van der Waals surface area contributed by atoms with Gasteiger partial charge in [0, 0.05) is 23.5 Å². The summed E-state index contributed by atoms with van der Waals surface area (Å²) < 4.78 is 0.938. The fraction of sp³-hybridized carbons (Fsp3) is 0.226. The Morgan fingerprint density at radius 2 is 1.72 bits per heavy atom. The zero-order chi connectivity index (χ0) is 25.5. The van der Waals surface area contributed by atoms with E-state index in [0.29, 0.717) is 12.0 Å². The Morgan fingerprint density at radius 1 is 0.972 bits per heavy atom. The molecule has 0 heterocycles. The molecule has 1 aliphatic rings. The molecule has 2 amide bonds. The predicted molar refractivity (Wildman–Crippen MR) is 149 cm³/mol. The fourth-order valence-electron chi connectivity index (χ4n) is 4.63. The molecule has 3 aromatic rings. The van der Waals surface area contributed by atoms with Gasteiger partial charge in [-0.1, -0.05) is 94.3 Å². The normalized spacial score (nSPS) is 15.9. The Balaban J connectivity index is 1.62. The summed E-state index contributed by atoms with van der Waals surface area (Å²) in [5.41, 5.74) is 6.17. The van der Waals surface area contributed by atoms with Crippen LogP contribution in [0.4, 0.5) is 0 Å². The Kier molecular flexibility index (Phi) is 8.55. The first kappa shape index (κ1) is 25.6. The number of hydrogen-bond donors (Lipinski definition) is 2. The van der Waals surface area contributed by atoms with E-state index in [9.17, 15) is 9.59 Å². The van der Waals surface area contributed by atoms with Gasteiger partial charge < -0.3 is 10.6 Å². The number of rotatable bonds is 8. The van der Waals surface area contributed by atoms with Crippen LogP contribution in [0.3, 0.4) is 0 Å². The highest BCUT2D eigenvalue weighted by molar-refractivity contribution is 9.10. The van der Waals surface area contributed by atoms with E-state index >= 15 is 0 Å². The molecule has 0 aliphatic heterocycles. The molecule has 3 aromatic carbocycles. The van der Waals surface area contributed by atoms with Gasteiger partial charge in [0.2, 0.25) is 11.8 Å². The minimum Gasteiger partial charge on any atom is -0.357 e. The average molecular weight is 544 g/mol.